The molecule has 0 radical (unpaired) electrons. The van der Waals surface area contributed by atoms with E-state index in [9.17, 15) is 22.4 Å². The fourth-order valence-electron chi connectivity index (χ4n) is 1.70. The van der Waals surface area contributed by atoms with Crippen molar-refractivity contribution in [1.82, 2.24) is 4.57 Å². The fraction of sp³-hybridized carbons (Fsp3) is 0.154. The Morgan fingerprint density at radius 3 is 2.60 bits per heavy atom. The van der Waals surface area contributed by atoms with Gasteiger partial charge in [-0.05, 0) is 29.8 Å². The van der Waals surface area contributed by atoms with Crippen molar-refractivity contribution in [3.63, 3.8) is 0 Å². The van der Waals surface area contributed by atoms with Gasteiger partial charge in [0.2, 0.25) is 0 Å². The number of aromatic nitrogens is 1. The molecule has 1 aromatic heterocycles. The average Bonchev–Trinajstić information content (AvgIpc) is 2.80. The standard InChI is InChI=1S/C13H8ClF4NO/c14-11-2-1-10(15)5-9(11)7-19-4-3-8(6-19)12(20)13(16,17)18/h1-6H,7H2. The second-order valence-electron chi connectivity index (χ2n) is 4.14. The zero-order valence-corrected chi connectivity index (χ0v) is 10.7. The van der Waals surface area contributed by atoms with Crippen molar-refractivity contribution in [3.8, 4) is 0 Å². The number of hydrogen-bond acceptors (Lipinski definition) is 1. The predicted octanol–water partition coefficient (Wildman–Crippen LogP) is 4.07. The number of carbonyl (C=O) groups excluding carboxylic acids is 1. The highest BCUT2D eigenvalue weighted by Crippen LogP contribution is 2.23. The third kappa shape index (κ3) is 3.19. The summed E-state index contributed by atoms with van der Waals surface area (Å²) in [6.45, 7) is 0.0712. The number of Topliss-reactive ketones (excluding diaryl/α,β-unsaturated/α-hetero) is 1. The van der Waals surface area contributed by atoms with Crippen molar-refractivity contribution < 1.29 is 22.4 Å². The van der Waals surface area contributed by atoms with Crippen molar-refractivity contribution >= 4 is 17.4 Å². The van der Waals surface area contributed by atoms with Gasteiger partial charge in [-0.2, -0.15) is 13.2 Å². The molecular weight excluding hydrogens is 298 g/mol. The minimum atomic E-state index is -4.91. The molecular formula is C13H8ClF4NO. The summed E-state index contributed by atoms with van der Waals surface area (Å²) in [4.78, 5) is 11.0. The minimum absolute atomic E-state index is 0.0712. The molecule has 0 aliphatic rings. The van der Waals surface area contributed by atoms with Gasteiger partial charge in [-0.3, -0.25) is 4.79 Å². The normalized spacial score (nSPS) is 11.7. The molecule has 0 fully saturated rings. The van der Waals surface area contributed by atoms with Gasteiger partial charge in [0.05, 0.1) is 0 Å². The van der Waals surface area contributed by atoms with Gasteiger partial charge in [-0.25, -0.2) is 4.39 Å². The predicted molar refractivity (Wildman–Crippen MR) is 65.3 cm³/mol. The molecule has 0 aliphatic heterocycles. The van der Waals surface area contributed by atoms with Gasteiger partial charge in [0.25, 0.3) is 5.78 Å². The number of halogens is 5. The van der Waals surface area contributed by atoms with Gasteiger partial charge < -0.3 is 4.57 Å². The van der Waals surface area contributed by atoms with Crippen molar-refractivity contribution in [2.24, 2.45) is 0 Å². The summed E-state index contributed by atoms with van der Waals surface area (Å²) in [7, 11) is 0. The van der Waals surface area contributed by atoms with Crippen molar-refractivity contribution in [3.05, 3.63) is 58.6 Å². The second-order valence-corrected chi connectivity index (χ2v) is 4.54. The van der Waals surface area contributed by atoms with E-state index in [0.29, 0.717) is 10.6 Å². The Labute approximate surface area is 116 Å². The van der Waals surface area contributed by atoms with E-state index in [4.69, 9.17) is 11.6 Å². The molecule has 106 valence electrons. The number of alkyl halides is 3. The third-order valence-corrected chi connectivity index (χ3v) is 3.00. The molecule has 0 amide bonds. The van der Waals surface area contributed by atoms with Crippen LogP contribution in [0, 0.1) is 5.82 Å². The van der Waals surface area contributed by atoms with Crippen LogP contribution < -0.4 is 0 Å². The highest BCUT2D eigenvalue weighted by molar-refractivity contribution is 6.31. The van der Waals surface area contributed by atoms with Gasteiger partial charge in [-0.1, -0.05) is 11.6 Å². The zero-order valence-electron chi connectivity index (χ0n) is 9.92. The van der Waals surface area contributed by atoms with Crippen molar-refractivity contribution in [1.29, 1.82) is 0 Å². The van der Waals surface area contributed by atoms with E-state index in [-0.39, 0.29) is 6.54 Å². The molecule has 0 saturated heterocycles. The molecule has 2 aromatic rings. The van der Waals surface area contributed by atoms with Crippen LogP contribution in [0.15, 0.2) is 36.7 Å². The summed E-state index contributed by atoms with van der Waals surface area (Å²) >= 11 is 5.86. The zero-order chi connectivity index (χ0) is 14.9. The fourth-order valence-corrected chi connectivity index (χ4v) is 1.88. The first-order valence-corrected chi connectivity index (χ1v) is 5.86. The highest BCUT2D eigenvalue weighted by Gasteiger charge is 2.39. The average molecular weight is 306 g/mol. The molecule has 20 heavy (non-hydrogen) atoms. The molecule has 1 aromatic carbocycles. The number of benzene rings is 1. The Morgan fingerprint density at radius 1 is 1.25 bits per heavy atom. The molecule has 0 bridgehead atoms. The number of nitrogens with zero attached hydrogens (tertiary/aromatic N) is 1. The van der Waals surface area contributed by atoms with E-state index in [1.807, 2.05) is 0 Å². The van der Waals surface area contributed by atoms with E-state index in [1.54, 1.807) is 0 Å². The largest absolute Gasteiger partial charge is 0.454 e. The maximum Gasteiger partial charge on any atom is 0.454 e. The number of hydrogen-bond donors (Lipinski definition) is 0. The van der Waals surface area contributed by atoms with Crippen LogP contribution in [0.5, 0.6) is 0 Å². The van der Waals surface area contributed by atoms with E-state index in [2.05, 4.69) is 0 Å². The number of carbonyl (C=O) groups is 1. The van der Waals surface area contributed by atoms with E-state index in [1.165, 1.54) is 29.0 Å². The molecule has 2 nitrogen and oxygen atoms in total. The lowest BCUT2D eigenvalue weighted by Crippen LogP contribution is -2.22. The summed E-state index contributed by atoms with van der Waals surface area (Å²) in [6.07, 6.45) is -2.56. The third-order valence-electron chi connectivity index (χ3n) is 2.63. The van der Waals surface area contributed by atoms with Crippen LogP contribution in [-0.2, 0) is 6.54 Å². The summed E-state index contributed by atoms with van der Waals surface area (Å²) in [6, 6.07) is 4.79. The summed E-state index contributed by atoms with van der Waals surface area (Å²) < 4.78 is 51.2. The summed E-state index contributed by atoms with van der Waals surface area (Å²) in [5.74, 6) is -2.41. The lowest BCUT2D eigenvalue weighted by Gasteiger charge is -2.06. The van der Waals surface area contributed by atoms with Crippen LogP contribution in [0.3, 0.4) is 0 Å². The molecule has 7 heteroatoms. The molecule has 1 heterocycles. The maximum atomic E-state index is 13.1. The molecule has 2 rings (SSSR count). The first-order valence-electron chi connectivity index (χ1n) is 5.48. The second kappa shape index (κ2) is 5.28. The lowest BCUT2D eigenvalue weighted by atomic mass is 10.2. The van der Waals surface area contributed by atoms with Crippen molar-refractivity contribution in [2.45, 2.75) is 12.7 Å². The first-order chi connectivity index (χ1) is 9.27. The Bertz CT molecular complexity index is 648. The Kier molecular flexibility index (Phi) is 3.85. The SMILES string of the molecule is O=C(c1ccn(Cc2cc(F)ccc2Cl)c1)C(F)(F)F. The quantitative estimate of drug-likeness (QED) is 0.619. The summed E-state index contributed by atoms with van der Waals surface area (Å²) in [5.41, 5.74) is -0.0571. The summed E-state index contributed by atoms with van der Waals surface area (Å²) in [5, 5.41) is 0.295. The minimum Gasteiger partial charge on any atom is -0.349 e. The van der Waals surface area contributed by atoms with Gasteiger partial charge >= 0.3 is 6.18 Å². The monoisotopic (exact) mass is 305 g/mol. The topological polar surface area (TPSA) is 22.0 Å². The van der Waals surface area contributed by atoms with Crippen LogP contribution in [-0.4, -0.2) is 16.5 Å². The molecule has 0 aliphatic carbocycles. The highest BCUT2D eigenvalue weighted by atomic mass is 35.5. The van der Waals surface area contributed by atoms with Crippen LogP contribution in [0.2, 0.25) is 5.02 Å². The van der Waals surface area contributed by atoms with E-state index >= 15 is 0 Å². The van der Waals surface area contributed by atoms with E-state index in [0.717, 1.165) is 12.3 Å². The van der Waals surface area contributed by atoms with E-state index < -0.39 is 23.3 Å². The molecule has 0 unspecified atom stereocenters. The lowest BCUT2D eigenvalue weighted by molar-refractivity contribution is -0.0885. The number of rotatable bonds is 3. The van der Waals surface area contributed by atoms with Crippen LogP contribution in [0.4, 0.5) is 17.6 Å². The van der Waals surface area contributed by atoms with Gasteiger partial charge in [0, 0.05) is 29.5 Å². The Hall–Kier alpha value is -1.82. The van der Waals surface area contributed by atoms with Gasteiger partial charge in [-0.15, -0.1) is 0 Å². The number of ketones is 1. The Morgan fingerprint density at radius 2 is 1.95 bits per heavy atom. The van der Waals surface area contributed by atoms with Gasteiger partial charge in [0.1, 0.15) is 5.82 Å². The van der Waals surface area contributed by atoms with Crippen molar-refractivity contribution in [2.75, 3.05) is 0 Å². The molecule has 0 N–H and O–H groups in total. The molecule has 0 saturated carbocycles. The molecule has 0 spiro atoms. The van der Waals surface area contributed by atoms with Crippen LogP contribution in [0.1, 0.15) is 15.9 Å². The molecule has 0 atom stereocenters. The van der Waals surface area contributed by atoms with Gasteiger partial charge in [0.15, 0.2) is 0 Å². The Balaban J connectivity index is 2.22. The maximum absolute atomic E-state index is 13.1. The van der Waals surface area contributed by atoms with Crippen LogP contribution >= 0.6 is 11.6 Å². The smallest absolute Gasteiger partial charge is 0.349 e. The first kappa shape index (κ1) is 14.6. The van der Waals surface area contributed by atoms with Crippen LogP contribution in [0.25, 0.3) is 0 Å².